The summed E-state index contributed by atoms with van der Waals surface area (Å²) in [6.07, 6.45) is 0.151. The number of amides is 1. The molecule has 0 bridgehead atoms. The predicted molar refractivity (Wildman–Crippen MR) is 96.5 cm³/mol. The Kier molecular flexibility index (Phi) is 4.65. The molecule has 0 aliphatic carbocycles. The summed E-state index contributed by atoms with van der Waals surface area (Å²) in [5, 5.41) is 7.19. The molecule has 1 amide bonds. The number of anilines is 1. The van der Waals surface area contributed by atoms with Gasteiger partial charge in [-0.3, -0.25) is 4.79 Å². The Hall–Kier alpha value is -2.95. The van der Waals surface area contributed by atoms with Gasteiger partial charge in [0.25, 0.3) is 0 Å². The van der Waals surface area contributed by atoms with Crippen LogP contribution in [0.4, 0.5) is 10.1 Å². The Morgan fingerprint density at radius 3 is 2.56 bits per heavy atom. The topological polar surface area (TPSA) is 46.9 Å². The van der Waals surface area contributed by atoms with Crippen molar-refractivity contribution in [2.45, 2.75) is 27.2 Å². The second kappa shape index (κ2) is 6.89. The van der Waals surface area contributed by atoms with E-state index in [-0.39, 0.29) is 18.0 Å². The summed E-state index contributed by atoms with van der Waals surface area (Å²) in [6.45, 7) is 5.67. The van der Waals surface area contributed by atoms with Crippen molar-refractivity contribution in [1.82, 2.24) is 9.78 Å². The minimum absolute atomic E-state index is 0.151. The summed E-state index contributed by atoms with van der Waals surface area (Å²) in [4.78, 5) is 12.4. The Morgan fingerprint density at radius 2 is 1.84 bits per heavy atom. The van der Waals surface area contributed by atoms with Gasteiger partial charge in [0.2, 0.25) is 5.91 Å². The van der Waals surface area contributed by atoms with Crippen LogP contribution in [0.5, 0.6) is 0 Å². The summed E-state index contributed by atoms with van der Waals surface area (Å²) in [6, 6.07) is 14.4. The lowest BCUT2D eigenvalue weighted by molar-refractivity contribution is -0.115. The first-order chi connectivity index (χ1) is 12.0. The van der Waals surface area contributed by atoms with Gasteiger partial charge in [-0.05, 0) is 50.6 Å². The summed E-state index contributed by atoms with van der Waals surface area (Å²) >= 11 is 0. The molecule has 0 unspecified atom stereocenters. The lowest BCUT2D eigenvalue weighted by Crippen LogP contribution is -2.16. The minimum atomic E-state index is -0.438. The molecule has 1 heterocycles. The van der Waals surface area contributed by atoms with Crippen LogP contribution in [0.2, 0.25) is 0 Å². The van der Waals surface area contributed by atoms with Crippen LogP contribution < -0.4 is 5.32 Å². The molecule has 1 aromatic heterocycles. The van der Waals surface area contributed by atoms with Gasteiger partial charge in [0.15, 0.2) is 0 Å². The van der Waals surface area contributed by atoms with Crippen molar-refractivity contribution in [3.63, 3.8) is 0 Å². The van der Waals surface area contributed by atoms with Crippen molar-refractivity contribution in [1.29, 1.82) is 0 Å². The maximum absolute atomic E-state index is 13.8. The van der Waals surface area contributed by atoms with Crippen LogP contribution in [0.25, 0.3) is 5.69 Å². The monoisotopic (exact) mass is 337 g/mol. The molecule has 4 nitrogen and oxygen atoms in total. The molecule has 0 atom stereocenters. The average Bonchev–Trinajstić information content (AvgIpc) is 2.87. The molecule has 2 aromatic carbocycles. The molecule has 3 rings (SSSR count). The number of carbonyl (C=O) groups is 1. The lowest BCUT2D eigenvalue weighted by atomic mass is 10.1. The second-order valence-electron chi connectivity index (χ2n) is 6.10. The fourth-order valence-corrected chi connectivity index (χ4v) is 2.84. The molecule has 0 saturated heterocycles. The third-order valence-electron chi connectivity index (χ3n) is 4.18. The van der Waals surface area contributed by atoms with Gasteiger partial charge in [-0.1, -0.05) is 24.3 Å². The van der Waals surface area contributed by atoms with Gasteiger partial charge >= 0.3 is 0 Å². The van der Waals surface area contributed by atoms with Crippen molar-refractivity contribution in [3.8, 4) is 5.69 Å². The first kappa shape index (κ1) is 16.9. The van der Waals surface area contributed by atoms with E-state index in [1.54, 1.807) is 12.1 Å². The molecule has 128 valence electrons. The van der Waals surface area contributed by atoms with Crippen LogP contribution in [0.15, 0.2) is 48.5 Å². The second-order valence-corrected chi connectivity index (χ2v) is 6.10. The van der Waals surface area contributed by atoms with E-state index in [4.69, 9.17) is 0 Å². The van der Waals surface area contributed by atoms with E-state index < -0.39 is 5.82 Å². The number of carbonyl (C=O) groups excluding carboxylic acids is 1. The number of nitrogens with zero attached hydrogens (tertiary/aromatic N) is 2. The minimum Gasteiger partial charge on any atom is -0.323 e. The molecular weight excluding hydrogens is 317 g/mol. The molecule has 0 aliphatic rings. The molecular formula is C20H20FN3O. The molecule has 25 heavy (non-hydrogen) atoms. The number of rotatable bonds is 4. The standard InChI is InChI=1S/C20H20FN3O/c1-13-9-10-18(21)19(11-13)22-20(25)12-17-14(2)23-24(15(17)3)16-7-5-4-6-8-16/h4-11H,12H2,1-3H3,(H,22,25). The van der Waals surface area contributed by atoms with Crippen LogP contribution >= 0.6 is 0 Å². The van der Waals surface area contributed by atoms with Crippen molar-refractivity contribution in [2.75, 3.05) is 5.32 Å². The highest BCUT2D eigenvalue weighted by Gasteiger charge is 2.16. The van der Waals surface area contributed by atoms with Crippen LogP contribution in [-0.2, 0) is 11.2 Å². The Balaban J connectivity index is 1.82. The fourth-order valence-electron chi connectivity index (χ4n) is 2.84. The quantitative estimate of drug-likeness (QED) is 0.778. The van der Waals surface area contributed by atoms with Crippen molar-refractivity contribution < 1.29 is 9.18 Å². The molecule has 0 aliphatic heterocycles. The Labute approximate surface area is 146 Å². The van der Waals surface area contributed by atoms with Gasteiger partial charge in [-0.15, -0.1) is 0 Å². The molecule has 0 fully saturated rings. The summed E-state index contributed by atoms with van der Waals surface area (Å²) < 4.78 is 15.6. The number of hydrogen-bond acceptors (Lipinski definition) is 2. The number of benzene rings is 2. The first-order valence-corrected chi connectivity index (χ1v) is 8.12. The highest BCUT2D eigenvalue weighted by atomic mass is 19.1. The van der Waals surface area contributed by atoms with Gasteiger partial charge in [0.05, 0.1) is 23.5 Å². The van der Waals surface area contributed by atoms with Crippen LogP contribution in [-0.4, -0.2) is 15.7 Å². The van der Waals surface area contributed by atoms with E-state index in [0.717, 1.165) is 28.2 Å². The number of para-hydroxylation sites is 1. The number of halogens is 1. The van der Waals surface area contributed by atoms with Gasteiger partial charge < -0.3 is 5.32 Å². The third kappa shape index (κ3) is 3.60. The molecule has 0 radical (unpaired) electrons. The maximum Gasteiger partial charge on any atom is 0.229 e. The predicted octanol–water partition coefficient (Wildman–Crippen LogP) is 4.12. The maximum atomic E-state index is 13.8. The summed E-state index contributed by atoms with van der Waals surface area (Å²) in [7, 11) is 0. The highest BCUT2D eigenvalue weighted by molar-refractivity contribution is 5.92. The van der Waals surface area contributed by atoms with E-state index in [1.165, 1.54) is 6.07 Å². The van der Waals surface area contributed by atoms with Gasteiger partial charge in [-0.25, -0.2) is 9.07 Å². The van der Waals surface area contributed by atoms with Crippen LogP contribution in [0.3, 0.4) is 0 Å². The average molecular weight is 337 g/mol. The van der Waals surface area contributed by atoms with E-state index in [9.17, 15) is 9.18 Å². The van der Waals surface area contributed by atoms with E-state index >= 15 is 0 Å². The molecule has 5 heteroatoms. The zero-order valence-corrected chi connectivity index (χ0v) is 14.5. The smallest absolute Gasteiger partial charge is 0.229 e. The van der Waals surface area contributed by atoms with E-state index in [0.29, 0.717) is 0 Å². The molecule has 3 aromatic rings. The van der Waals surface area contributed by atoms with Gasteiger partial charge in [-0.2, -0.15) is 5.10 Å². The molecule has 1 N–H and O–H groups in total. The van der Waals surface area contributed by atoms with Crippen molar-refractivity contribution in [2.24, 2.45) is 0 Å². The van der Waals surface area contributed by atoms with Crippen molar-refractivity contribution in [3.05, 3.63) is 76.9 Å². The Bertz CT molecular complexity index is 916. The van der Waals surface area contributed by atoms with E-state index in [2.05, 4.69) is 10.4 Å². The highest BCUT2D eigenvalue weighted by Crippen LogP contribution is 2.20. The van der Waals surface area contributed by atoms with Gasteiger partial charge in [0, 0.05) is 11.3 Å². The summed E-state index contributed by atoms with van der Waals surface area (Å²) in [5.74, 6) is -0.698. The van der Waals surface area contributed by atoms with Crippen molar-refractivity contribution >= 4 is 11.6 Å². The number of aryl methyl sites for hydroxylation is 2. The largest absolute Gasteiger partial charge is 0.323 e. The zero-order valence-electron chi connectivity index (χ0n) is 14.5. The Morgan fingerprint density at radius 1 is 1.12 bits per heavy atom. The molecule has 0 saturated carbocycles. The van der Waals surface area contributed by atoms with Crippen LogP contribution in [0, 0.1) is 26.6 Å². The lowest BCUT2D eigenvalue weighted by Gasteiger charge is -2.08. The SMILES string of the molecule is Cc1ccc(F)c(NC(=O)Cc2c(C)nn(-c3ccccc3)c2C)c1. The first-order valence-electron chi connectivity index (χ1n) is 8.12. The van der Waals surface area contributed by atoms with E-state index in [1.807, 2.05) is 55.8 Å². The molecule has 0 spiro atoms. The zero-order chi connectivity index (χ0) is 18.0. The van der Waals surface area contributed by atoms with Gasteiger partial charge in [0.1, 0.15) is 5.82 Å². The summed E-state index contributed by atoms with van der Waals surface area (Å²) in [5.41, 5.74) is 4.59. The number of hydrogen-bond donors (Lipinski definition) is 1. The number of nitrogens with one attached hydrogen (secondary N) is 1. The van der Waals surface area contributed by atoms with Crippen LogP contribution in [0.1, 0.15) is 22.5 Å². The third-order valence-corrected chi connectivity index (χ3v) is 4.18. The normalized spacial score (nSPS) is 10.7. The number of aromatic nitrogens is 2. The fraction of sp³-hybridized carbons (Fsp3) is 0.200.